The summed E-state index contributed by atoms with van der Waals surface area (Å²) in [5.74, 6) is -1.33. The molecule has 31 heavy (non-hydrogen) atoms. The van der Waals surface area contributed by atoms with E-state index >= 15 is 0 Å². The molecule has 0 N–H and O–H groups in total. The third kappa shape index (κ3) is 4.07. The van der Waals surface area contributed by atoms with E-state index in [0.29, 0.717) is 37.4 Å². The van der Waals surface area contributed by atoms with Crippen LogP contribution in [-0.2, 0) is 14.4 Å². The van der Waals surface area contributed by atoms with E-state index in [1.807, 2.05) is 4.90 Å². The van der Waals surface area contributed by atoms with Gasteiger partial charge in [0, 0.05) is 38.2 Å². The lowest BCUT2D eigenvalue weighted by Gasteiger charge is -2.37. The van der Waals surface area contributed by atoms with Crippen LogP contribution in [0.4, 0.5) is 10.1 Å². The second-order valence-electron chi connectivity index (χ2n) is 8.89. The number of halogens is 1. The van der Waals surface area contributed by atoms with Crippen LogP contribution in [0.5, 0.6) is 0 Å². The van der Waals surface area contributed by atoms with Gasteiger partial charge in [-0.2, -0.15) is 0 Å². The van der Waals surface area contributed by atoms with Gasteiger partial charge in [-0.05, 0) is 38.0 Å². The highest BCUT2D eigenvalue weighted by atomic mass is 19.1. The van der Waals surface area contributed by atoms with E-state index in [4.69, 9.17) is 0 Å². The van der Waals surface area contributed by atoms with Gasteiger partial charge in [0.05, 0.1) is 11.1 Å². The molecule has 2 aliphatic heterocycles. The highest BCUT2D eigenvalue weighted by Gasteiger charge is 2.52. The fraction of sp³-hybridized carbons (Fsp3) is 0.565. The van der Waals surface area contributed by atoms with E-state index in [0.717, 1.165) is 37.0 Å². The SMILES string of the molecule is CC(=O)c1ccc(N2CCN(C(=O)CN3C(=O)CC4(CCCCC4)C3=O)CC2)c(F)c1. The first-order valence-electron chi connectivity index (χ1n) is 11.0. The van der Waals surface area contributed by atoms with Crippen molar-refractivity contribution in [3.8, 4) is 0 Å². The van der Waals surface area contributed by atoms with Crippen molar-refractivity contribution in [3.05, 3.63) is 29.6 Å². The van der Waals surface area contributed by atoms with Gasteiger partial charge in [0.1, 0.15) is 12.4 Å². The van der Waals surface area contributed by atoms with Gasteiger partial charge in [-0.3, -0.25) is 24.1 Å². The fourth-order valence-electron chi connectivity index (χ4n) is 5.05. The molecule has 0 radical (unpaired) electrons. The smallest absolute Gasteiger partial charge is 0.242 e. The molecule has 3 aliphatic rings. The molecule has 7 nitrogen and oxygen atoms in total. The number of amides is 3. The van der Waals surface area contributed by atoms with Gasteiger partial charge < -0.3 is 9.80 Å². The number of imide groups is 1. The van der Waals surface area contributed by atoms with Gasteiger partial charge in [-0.25, -0.2) is 4.39 Å². The van der Waals surface area contributed by atoms with E-state index in [-0.39, 0.29) is 36.5 Å². The third-order valence-corrected chi connectivity index (χ3v) is 6.92. The summed E-state index contributed by atoms with van der Waals surface area (Å²) in [5, 5.41) is 0. The zero-order chi connectivity index (χ0) is 22.2. The van der Waals surface area contributed by atoms with Crippen LogP contribution in [-0.4, -0.2) is 66.0 Å². The summed E-state index contributed by atoms with van der Waals surface area (Å²) in [6, 6.07) is 4.43. The summed E-state index contributed by atoms with van der Waals surface area (Å²) >= 11 is 0. The number of anilines is 1. The van der Waals surface area contributed by atoms with Gasteiger partial charge in [-0.15, -0.1) is 0 Å². The highest BCUT2D eigenvalue weighted by Crippen LogP contribution is 2.45. The molecule has 0 aromatic heterocycles. The Morgan fingerprint density at radius 1 is 1.03 bits per heavy atom. The Labute approximate surface area is 181 Å². The van der Waals surface area contributed by atoms with E-state index in [2.05, 4.69) is 0 Å². The lowest BCUT2D eigenvalue weighted by atomic mass is 9.73. The molecular formula is C23H28FN3O4. The molecule has 1 saturated carbocycles. The number of ketones is 1. The normalized spacial score (nSPS) is 21.2. The van der Waals surface area contributed by atoms with Crippen molar-refractivity contribution in [3.63, 3.8) is 0 Å². The molecule has 2 heterocycles. The quantitative estimate of drug-likeness (QED) is 0.543. The number of carbonyl (C=O) groups is 4. The second-order valence-corrected chi connectivity index (χ2v) is 8.89. The topological polar surface area (TPSA) is 78.0 Å². The number of likely N-dealkylation sites (tertiary alicyclic amines) is 1. The van der Waals surface area contributed by atoms with Crippen LogP contribution in [0, 0.1) is 11.2 Å². The number of hydrogen-bond acceptors (Lipinski definition) is 5. The van der Waals surface area contributed by atoms with Crippen LogP contribution in [0.15, 0.2) is 18.2 Å². The average Bonchev–Trinajstić information content (AvgIpc) is 2.98. The van der Waals surface area contributed by atoms with Crippen molar-refractivity contribution < 1.29 is 23.6 Å². The minimum Gasteiger partial charge on any atom is -0.366 e. The van der Waals surface area contributed by atoms with Crippen molar-refractivity contribution in [2.45, 2.75) is 45.4 Å². The van der Waals surface area contributed by atoms with Crippen LogP contribution in [0.1, 0.15) is 55.8 Å². The van der Waals surface area contributed by atoms with Gasteiger partial charge in [0.25, 0.3) is 0 Å². The predicted molar refractivity (Wildman–Crippen MR) is 112 cm³/mol. The van der Waals surface area contributed by atoms with Crippen LogP contribution in [0.2, 0.25) is 0 Å². The summed E-state index contributed by atoms with van der Waals surface area (Å²) in [6.45, 7) is 2.83. The molecule has 0 bridgehead atoms. The number of rotatable bonds is 4. The summed E-state index contributed by atoms with van der Waals surface area (Å²) < 4.78 is 14.4. The van der Waals surface area contributed by atoms with Crippen LogP contribution in [0.3, 0.4) is 0 Å². The summed E-state index contributed by atoms with van der Waals surface area (Å²) in [6.07, 6.45) is 4.68. The predicted octanol–water partition coefficient (Wildman–Crippen LogP) is 2.39. The Morgan fingerprint density at radius 3 is 2.32 bits per heavy atom. The average molecular weight is 429 g/mol. The molecule has 8 heteroatoms. The Kier molecular flexibility index (Phi) is 5.81. The van der Waals surface area contributed by atoms with Crippen molar-refractivity contribution in [2.24, 2.45) is 5.41 Å². The number of carbonyl (C=O) groups excluding carboxylic acids is 4. The number of Topliss-reactive ketones (excluding diaryl/α,β-unsaturated/α-hetero) is 1. The van der Waals surface area contributed by atoms with Crippen LogP contribution in [0.25, 0.3) is 0 Å². The van der Waals surface area contributed by atoms with Gasteiger partial charge >= 0.3 is 0 Å². The Morgan fingerprint density at radius 2 is 1.71 bits per heavy atom. The van der Waals surface area contributed by atoms with Crippen molar-refractivity contribution in [1.29, 1.82) is 0 Å². The van der Waals surface area contributed by atoms with Crippen molar-refractivity contribution in [1.82, 2.24) is 9.80 Å². The largest absolute Gasteiger partial charge is 0.366 e. The second kappa shape index (κ2) is 8.40. The first-order valence-corrected chi connectivity index (χ1v) is 11.0. The number of benzene rings is 1. The maximum atomic E-state index is 14.4. The van der Waals surface area contributed by atoms with Crippen LogP contribution >= 0.6 is 0 Å². The lowest BCUT2D eigenvalue weighted by molar-refractivity contribution is -0.148. The van der Waals surface area contributed by atoms with E-state index < -0.39 is 11.2 Å². The third-order valence-electron chi connectivity index (χ3n) is 6.92. The summed E-state index contributed by atoms with van der Waals surface area (Å²) in [4.78, 5) is 54.2. The maximum absolute atomic E-state index is 14.4. The molecular weight excluding hydrogens is 401 g/mol. The highest BCUT2D eigenvalue weighted by molar-refractivity contribution is 6.08. The minimum atomic E-state index is -0.585. The van der Waals surface area contributed by atoms with Gasteiger partial charge in [0.15, 0.2) is 5.78 Å². The first kappa shape index (κ1) is 21.5. The van der Waals surface area contributed by atoms with Gasteiger partial charge in [0.2, 0.25) is 17.7 Å². The molecule has 1 aliphatic carbocycles. The lowest BCUT2D eigenvalue weighted by Crippen LogP contribution is -2.52. The summed E-state index contributed by atoms with van der Waals surface area (Å²) in [5.41, 5.74) is 0.143. The molecule has 3 fully saturated rings. The van der Waals surface area contributed by atoms with Crippen LogP contribution < -0.4 is 4.90 Å². The monoisotopic (exact) mass is 429 g/mol. The zero-order valence-corrected chi connectivity index (χ0v) is 17.9. The van der Waals surface area contributed by atoms with E-state index in [1.54, 1.807) is 17.0 Å². The molecule has 1 spiro atoms. The van der Waals surface area contributed by atoms with Crippen molar-refractivity contribution >= 4 is 29.2 Å². The molecule has 1 aromatic carbocycles. The standard InChI is InChI=1S/C23H28FN3O4/c1-16(28)17-5-6-19(18(24)13-17)25-9-11-26(12-10-25)21(30)15-27-20(29)14-23(22(27)31)7-3-2-4-8-23/h5-6,13H,2-4,7-12,14-15H2,1H3. The minimum absolute atomic E-state index is 0.184. The zero-order valence-electron chi connectivity index (χ0n) is 17.9. The van der Waals surface area contributed by atoms with Crippen molar-refractivity contribution in [2.75, 3.05) is 37.6 Å². The number of hydrogen-bond donors (Lipinski definition) is 0. The Bertz CT molecular complexity index is 917. The molecule has 166 valence electrons. The molecule has 1 aromatic rings. The molecule has 0 atom stereocenters. The number of nitrogens with zero attached hydrogens (tertiary/aromatic N) is 3. The van der Waals surface area contributed by atoms with E-state index in [9.17, 15) is 23.6 Å². The Balaban J connectivity index is 1.35. The first-order chi connectivity index (χ1) is 14.8. The molecule has 2 saturated heterocycles. The fourth-order valence-corrected chi connectivity index (χ4v) is 5.05. The molecule has 3 amide bonds. The Hall–Kier alpha value is -2.77. The maximum Gasteiger partial charge on any atom is 0.242 e. The summed E-state index contributed by atoms with van der Waals surface area (Å²) in [7, 11) is 0. The van der Waals surface area contributed by atoms with Gasteiger partial charge in [-0.1, -0.05) is 19.3 Å². The molecule has 4 rings (SSSR count). The number of piperazine rings is 1. The molecule has 0 unspecified atom stereocenters. The van der Waals surface area contributed by atoms with E-state index in [1.165, 1.54) is 13.0 Å².